The quantitative estimate of drug-likeness (QED) is 0.306. The van der Waals surface area contributed by atoms with Gasteiger partial charge in [-0.2, -0.15) is 0 Å². The summed E-state index contributed by atoms with van der Waals surface area (Å²) in [6.07, 6.45) is 0.941. The summed E-state index contributed by atoms with van der Waals surface area (Å²) in [6.45, 7) is 10.9. The highest BCUT2D eigenvalue weighted by Gasteiger charge is 2.20. The van der Waals surface area contributed by atoms with Gasteiger partial charge in [-0.25, -0.2) is 9.78 Å². The average Bonchev–Trinajstić information content (AvgIpc) is 3.09. The predicted molar refractivity (Wildman–Crippen MR) is 134 cm³/mol. The molecule has 0 radical (unpaired) electrons. The van der Waals surface area contributed by atoms with Crippen molar-refractivity contribution in [3.63, 3.8) is 0 Å². The maximum Gasteiger partial charge on any atom is 0.339 e. The van der Waals surface area contributed by atoms with Crippen LogP contribution in [0, 0.1) is 5.92 Å². The molecule has 0 aliphatic carbocycles. The minimum absolute atomic E-state index is 0.301. The number of imidazole rings is 1. The van der Waals surface area contributed by atoms with Crippen LogP contribution in [0.2, 0.25) is 0 Å². The van der Waals surface area contributed by atoms with Crippen LogP contribution in [0.15, 0.2) is 72.8 Å². The topological polar surface area (TPSA) is 44.1 Å². The van der Waals surface area contributed by atoms with Crippen molar-refractivity contribution in [3.8, 4) is 11.1 Å². The molecule has 4 nitrogen and oxygen atoms in total. The maximum absolute atomic E-state index is 12.8. The van der Waals surface area contributed by atoms with Gasteiger partial charge in [0.05, 0.1) is 16.6 Å². The van der Waals surface area contributed by atoms with Gasteiger partial charge in [-0.3, -0.25) is 0 Å². The van der Waals surface area contributed by atoms with Gasteiger partial charge in [0, 0.05) is 13.0 Å². The van der Waals surface area contributed by atoms with Gasteiger partial charge in [0.2, 0.25) is 0 Å². The van der Waals surface area contributed by atoms with E-state index in [1.54, 1.807) is 0 Å². The number of fused-ring (bicyclic) bond motifs is 1. The van der Waals surface area contributed by atoms with E-state index < -0.39 is 5.60 Å². The number of esters is 1. The molecule has 0 saturated heterocycles. The molecule has 0 aliphatic rings. The first-order chi connectivity index (χ1) is 15.7. The molecule has 170 valence electrons. The minimum atomic E-state index is -0.532. The van der Waals surface area contributed by atoms with Gasteiger partial charge in [0.1, 0.15) is 11.4 Å². The lowest BCUT2D eigenvalue weighted by Crippen LogP contribution is -2.24. The minimum Gasteiger partial charge on any atom is -0.456 e. The first-order valence-corrected chi connectivity index (χ1v) is 11.6. The van der Waals surface area contributed by atoms with Gasteiger partial charge >= 0.3 is 5.97 Å². The number of para-hydroxylation sites is 2. The molecule has 4 heteroatoms. The number of benzene rings is 3. The second-order valence-electron chi connectivity index (χ2n) is 9.95. The van der Waals surface area contributed by atoms with Crippen LogP contribution in [0.4, 0.5) is 0 Å². The monoisotopic (exact) mass is 440 g/mol. The molecule has 0 aliphatic heterocycles. The standard InChI is InChI=1S/C29H32N2O2/c1-20(2)18-27-30-25-12-8-9-13-26(25)31(27)19-21-14-16-22(17-15-21)23-10-6-7-11-24(23)28(32)33-29(3,4)5/h6-17,20H,18-19H2,1-5H3. The van der Waals surface area contributed by atoms with Crippen LogP contribution >= 0.6 is 0 Å². The normalized spacial score (nSPS) is 11.8. The van der Waals surface area contributed by atoms with Crippen LogP contribution in [-0.4, -0.2) is 21.1 Å². The van der Waals surface area contributed by atoms with E-state index in [0.29, 0.717) is 11.5 Å². The highest BCUT2D eigenvalue weighted by molar-refractivity contribution is 5.97. The fourth-order valence-electron chi connectivity index (χ4n) is 4.04. The largest absolute Gasteiger partial charge is 0.456 e. The number of nitrogens with zero attached hydrogens (tertiary/aromatic N) is 2. The van der Waals surface area contributed by atoms with Crippen molar-refractivity contribution in [1.82, 2.24) is 9.55 Å². The van der Waals surface area contributed by atoms with Crippen molar-refractivity contribution in [2.45, 2.75) is 53.2 Å². The van der Waals surface area contributed by atoms with E-state index in [1.807, 2.05) is 51.1 Å². The Morgan fingerprint density at radius 2 is 1.61 bits per heavy atom. The number of carbonyl (C=O) groups excluding carboxylic acids is 1. The zero-order valence-electron chi connectivity index (χ0n) is 20.1. The molecule has 33 heavy (non-hydrogen) atoms. The zero-order valence-corrected chi connectivity index (χ0v) is 20.1. The Labute approximate surface area is 196 Å². The molecule has 1 heterocycles. The zero-order chi connectivity index (χ0) is 23.6. The lowest BCUT2D eigenvalue weighted by atomic mass is 9.98. The molecule has 0 N–H and O–H groups in total. The molecule has 4 aromatic rings. The summed E-state index contributed by atoms with van der Waals surface area (Å²) in [5.41, 5.74) is 5.32. The number of carbonyl (C=O) groups is 1. The number of ether oxygens (including phenoxy) is 1. The SMILES string of the molecule is CC(C)Cc1nc2ccccc2n1Cc1ccc(-c2ccccc2C(=O)OC(C)(C)C)cc1. The van der Waals surface area contributed by atoms with Crippen molar-refractivity contribution in [2.24, 2.45) is 5.92 Å². The van der Waals surface area contributed by atoms with Gasteiger partial charge in [-0.15, -0.1) is 0 Å². The van der Waals surface area contributed by atoms with E-state index in [-0.39, 0.29) is 5.97 Å². The van der Waals surface area contributed by atoms with Crippen molar-refractivity contribution in [3.05, 3.63) is 89.7 Å². The number of rotatable bonds is 6. The molecule has 0 fully saturated rings. The molecular formula is C29H32N2O2. The van der Waals surface area contributed by atoms with E-state index in [0.717, 1.165) is 41.0 Å². The van der Waals surface area contributed by atoms with Crippen LogP contribution in [0.25, 0.3) is 22.2 Å². The van der Waals surface area contributed by atoms with E-state index in [2.05, 4.69) is 60.9 Å². The second kappa shape index (κ2) is 9.22. The van der Waals surface area contributed by atoms with Crippen LogP contribution in [0.1, 0.15) is 56.4 Å². The smallest absolute Gasteiger partial charge is 0.339 e. The second-order valence-corrected chi connectivity index (χ2v) is 9.95. The summed E-state index contributed by atoms with van der Waals surface area (Å²) in [7, 11) is 0. The Morgan fingerprint density at radius 3 is 2.30 bits per heavy atom. The Bertz CT molecular complexity index is 1260. The molecule has 3 aromatic carbocycles. The van der Waals surface area contributed by atoms with Crippen LogP contribution < -0.4 is 0 Å². The Balaban J connectivity index is 1.63. The number of hydrogen-bond acceptors (Lipinski definition) is 3. The predicted octanol–water partition coefficient (Wildman–Crippen LogP) is 6.91. The van der Waals surface area contributed by atoms with Gasteiger partial charge in [0.15, 0.2) is 0 Å². The van der Waals surface area contributed by atoms with Crippen molar-refractivity contribution >= 4 is 17.0 Å². The molecule has 0 atom stereocenters. The van der Waals surface area contributed by atoms with Crippen LogP contribution in [-0.2, 0) is 17.7 Å². The molecular weight excluding hydrogens is 408 g/mol. The molecule has 1 aromatic heterocycles. The van der Waals surface area contributed by atoms with Gasteiger partial charge in [0.25, 0.3) is 0 Å². The molecule has 0 saturated carbocycles. The number of hydrogen-bond donors (Lipinski definition) is 0. The first kappa shape index (κ1) is 22.8. The fourth-order valence-corrected chi connectivity index (χ4v) is 4.04. The van der Waals surface area contributed by atoms with Crippen molar-refractivity contribution in [1.29, 1.82) is 0 Å². The van der Waals surface area contributed by atoms with Crippen molar-refractivity contribution in [2.75, 3.05) is 0 Å². The summed E-state index contributed by atoms with van der Waals surface area (Å²) in [5.74, 6) is 1.35. The third-order valence-electron chi connectivity index (χ3n) is 5.48. The fraction of sp³-hybridized carbons (Fsp3) is 0.310. The lowest BCUT2D eigenvalue weighted by molar-refractivity contribution is 0.00704. The molecule has 0 bridgehead atoms. The Hall–Kier alpha value is -3.40. The molecule has 4 rings (SSSR count). The molecule has 0 amide bonds. The van der Waals surface area contributed by atoms with E-state index in [9.17, 15) is 4.79 Å². The first-order valence-electron chi connectivity index (χ1n) is 11.6. The van der Waals surface area contributed by atoms with Crippen molar-refractivity contribution < 1.29 is 9.53 Å². The highest BCUT2D eigenvalue weighted by atomic mass is 16.6. The van der Waals surface area contributed by atoms with Gasteiger partial charge in [-0.1, -0.05) is 68.4 Å². The maximum atomic E-state index is 12.8. The summed E-state index contributed by atoms with van der Waals surface area (Å²) < 4.78 is 7.93. The summed E-state index contributed by atoms with van der Waals surface area (Å²) in [5, 5.41) is 0. The highest BCUT2D eigenvalue weighted by Crippen LogP contribution is 2.27. The van der Waals surface area contributed by atoms with Gasteiger partial charge in [-0.05, 0) is 61.6 Å². The van der Waals surface area contributed by atoms with Crippen LogP contribution in [0.3, 0.4) is 0 Å². The van der Waals surface area contributed by atoms with Gasteiger partial charge < -0.3 is 9.30 Å². The summed E-state index contributed by atoms with van der Waals surface area (Å²) >= 11 is 0. The number of aromatic nitrogens is 2. The van der Waals surface area contributed by atoms with E-state index in [4.69, 9.17) is 9.72 Å². The Morgan fingerprint density at radius 1 is 0.939 bits per heavy atom. The third kappa shape index (κ3) is 5.33. The van der Waals surface area contributed by atoms with E-state index >= 15 is 0 Å². The summed E-state index contributed by atoms with van der Waals surface area (Å²) in [4.78, 5) is 17.6. The van der Waals surface area contributed by atoms with Crippen LogP contribution in [0.5, 0.6) is 0 Å². The summed E-state index contributed by atoms with van der Waals surface area (Å²) in [6, 6.07) is 24.4. The molecule has 0 spiro atoms. The Kier molecular flexibility index (Phi) is 6.37. The lowest BCUT2D eigenvalue weighted by Gasteiger charge is -2.20. The third-order valence-corrected chi connectivity index (χ3v) is 5.48. The molecule has 0 unspecified atom stereocenters. The average molecular weight is 441 g/mol. The van der Waals surface area contributed by atoms with E-state index in [1.165, 1.54) is 5.56 Å².